The maximum atomic E-state index is 12.6. The van der Waals surface area contributed by atoms with Crippen molar-refractivity contribution in [1.82, 2.24) is 19.6 Å². The van der Waals surface area contributed by atoms with Gasteiger partial charge in [-0.15, -0.1) is 0 Å². The molecule has 2 heterocycles. The van der Waals surface area contributed by atoms with Gasteiger partial charge in [0.2, 0.25) is 0 Å². The Hall–Kier alpha value is -1.91. The zero-order valence-corrected chi connectivity index (χ0v) is 13.5. The molecule has 21 heavy (non-hydrogen) atoms. The van der Waals surface area contributed by atoms with Crippen LogP contribution >= 0.6 is 0 Å². The Bertz CT molecular complexity index is 609. The van der Waals surface area contributed by atoms with Gasteiger partial charge in [0, 0.05) is 12.4 Å². The third kappa shape index (κ3) is 2.91. The number of hydrogen-bond donors (Lipinski definition) is 0. The number of hydrogen-bond acceptors (Lipinski definition) is 3. The second-order valence-electron chi connectivity index (χ2n) is 5.95. The van der Waals surface area contributed by atoms with Crippen molar-refractivity contribution in [3.05, 3.63) is 35.4 Å². The molecule has 0 spiro atoms. The molecule has 2 aromatic heterocycles. The SMILES string of the molecule is CCCc1nn(C(=O)n2cccn2)c(C(C)C)c1C(C)C. The van der Waals surface area contributed by atoms with Gasteiger partial charge < -0.3 is 0 Å². The summed E-state index contributed by atoms with van der Waals surface area (Å²) in [4.78, 5) is 12.6. The zero-order valence-electron chi connectivity index (χ0n) is 13.5. The number of aromatic nitrogens is 4. The van der Waals surface area contributed by atoms with Gasteiger partial charge in [0.15, 0.2) is 0 Å². The average molecular weight is 288 g/mol. The predicted molar refractivity (Wildman–Crippen MR) is 82.8 cm³/mol. The van der Waals surface area contributed by atoms with Crippen molar-refractivity contribution >= 4 is 6.03 Å². The molecule has 0 saturated carbocycles. The van der Waals surface area contributed by atoms with Gasteiger partial charge in [-0.2, -0.15) is 19.6 Å². The number of rotatable bonds is 4. The molecular formula is C16H24N4O. The van der Waals surface area contributed by atoms with Crippen LogP contribution in [-0.2, 0) is 6.42 Å². The van der Waals surface area contributed by atoms with Crippen molar-refractivity contribution in [1.29, 1.82) is 0 Å². The summed E-state index contributed by atoms with van der Waals surface area (Å²) < 4.78 is 2.87. The van der Waals surface area contributed by atoms with Gasteiger partial charge in [0.05, 0.1) is 11.4 Å². The van der Waals surface area contributed by atoms with Gasteiger partial charge in [-0.3, -0.25) is 0 Å². The standard InChI is InChI=1S/C16H24N4O/c1-6-8-13-14(11(2)3)15(12(4)5)20(18-13)16(21)19-10-7-9-17-19/h7,9-12H,6,8H2,1-5H3. The molecule has 0 aliphatic heterocycles. The molecule has 2 rings (SSSR count). The predicted octanol–water partition coefficient (Wildman–Crippen LogP) is 3.80. The molecule has 0 fully saturated rings. The molecule has 0 atom stereocenters. The van der Waals surface area contributed by atoms with E-state index in [1.807, 2.05) is 0 Å². The highest BCUT2D eigenvalue weighted by atomic mass is 16.2. The van der Waals surface area contributed by atoms with Crippen LogP contribution in [0.2, 0.25) is 0 Å². The highest BCUT2D eigenvalue weighted by molar-refractivity contribution is 5.78. The molecule has 2 aromatic rings. The van der Waals surface area contributed by atoms with Crippen LogP contribution in [0.15, 0.2) is 18.5 Å². The van der Waals surface area contributed by atoms with Crippen molar-refractivity contribution in [2.24, 2.45) is 0 Å². The van der Waals surface area contributed by atoms with E-state index < -0.39 is 0 Å². The second kappa shape index (κ2) is 6.24. The molecule has 0 aliphatic rings. The Morgan fingerprint density at radius 3 is 2.43 bits per heavy atom. The molecule has 5 nitrogen and oxygen atoms in total. The number of carbonyl (C=O) groups excluding carboxylic acids is 1. The first-order valence-electron chi connectivity index (χ1n) is 7.63. The van der Waals surface area contributed by atoms with E-state index in [0.717, 1.165) is 24.2 Å². The highest BCUT2D eigenvalue weighted by Gasteiger charge is 2.25. The monoisotopic (exact) mass is 288 g/mol. The number of nitrogens with zero attached hydrogens (tertiary/aromatic N) is 4. The molecule has 0 saturated heterocycles. The maximum absolute atomic E-state index is 12.6. The number of aryl methyl sites for hydroxylation is 1. The Morgan fingerprint density at radius 2 is 1.95 bits per heavy atom. The zero-order chi connectivity index (χ0) is 15.6. The first kappa shape index (κ1) is 15.5. The maximum Gasteiger partial charge on any atom is 0.369 e. The van der Waals surface area contributed by atoms with Crippen molar-refractivity contribution in [3.8, 4) is 0 Å². The largest absolute Gasteiger partial charge is 0.369 e. The lowest BCUT2D eigenvalue weighted by Crippen LogP contribution is -2.24. The Labute approximate surface area is 126 Å². The van der Waals surface area contributed by atoms with Crippen LogP contribution in [0.5, 0.6) is 0 Å². The Balaban J connectivity index is 2.59. The van der Waals surface area contributed by atoms with Crippen molar-refractivity contribution in [3.63, 3.8) is 0 Å². The summed E-state index contributed by atoms with van der Waals surface area (Å²) in [7, 11) is 0. The van der Waals surface area contributed by atoms with Crippen LogP contribution in [0, 0.1) is 0 Å². The number of carbonyl (C=O) groups is 1. The van der Waals surface area contributed by atoms with Crippen molar-refractivity contribution < 1.29 is 4.79 Å². The molecule has 114 valence electrons. The van der Waals surface area contributed by atoms with Crippen LogP contribution in [0.3, 0.4) is 0 Å². The summed E-state index contributed by atoms with van der Waals surface area (Å²) >= 11 is 0. The average Bonchev–Trinajstić information content (AvgIpc) is 3.05. The molecule has 0 radical (unpaired) electrons. The summed E-state index contributed by atoms with van der Waals surface area (Å²) in [5.74, 6) is 0.586. The molecular weight excluding hydrogens is 264 g/mol. The lowest BCUT2D eigenvalue weighted by molar-refractivity contribution is 0.237. The topological polar surface area (TPSA) is 52.7 Å². The molecule has 5 heteroatoms. The van der Waals surface area contributed by atoms with E-state index in [4.69, 9.17) is 0 Å². The van der Waals surface area contributed by atoms with Crippen LogP contribution in [0.4, 0.5) is 4.79 Å². The van der Waals surface area contributed by atoms with Crippen LogP contribution in [0.25, 0.3) is 0 Å². The summed E-state index contributed by atoms with van der Waals surface area (Å²) in [6.45, 7) is 10.7. The van der Waals surface area contributed by atoms with Crippen molar-refractivity contribution in [2.75, 3.05) is 0 Å². The van der Waals surface area contributed by atoms with Gasteiger partial charge in [-0.1, -0.05) is 41.0 Å². The van der Waals surface area contributed by atoms with Gasteiger partial charge in [0.25, 0.3) is 0 Å². The first-order valence-corrected chi connectivity index (χ1v) is 7.63. The van der Waals surface area contributed by atoms with Gasteiger partial charge in [-0.05, 0) is 29.9 Å². The molecule has 0 amide bonds. The summed E-state index contributed by atoms with van der Waals surface area (Å²) in [6, 6.07) is 1.53. The van der Waals surface area contributed by atoms with Crippen LogP contribution in [-0.4, -0.2) is 25.6 Å². The fourth-order valence-corrected chi connectivity index (χ4v) is 2.72. The van der Waals surface area contributed by atoms with Crippen LogP contribution in [0.1, 0.15) is 69.8 Å². The summed E-state index contributed by atoms with van der Waals surface area (Å²) in [5, 5.41) is 8.63. The van der Waals surface area contributed by atoms with E-state index in [9.17, 15) is 4.79 Å². The van der Waals surface area contributed by atoms with Gasteiger partial charge in [-0.25, -0.2) is 4.79 Å². The van der Waals surface area contributed by atoms with Crippen LogP contribution < -0.4 is 0 Å². The van der Waals surface area contributed by atoms with E-state index in [-0.39, 0.29) is 11.9 Å². The lowest BCUT2D eigenvalue weighted by Gasteiger charge is -2.14. The quantitative estimate of drug-likeness (QED) is 0.860. The summed E-state index contributed by atoms with van der Waals surface area (Å²) in [6.07, 6.45) is 5.17. The highest BCUT2D eigenvalue weighted by Crippen LogP contribution is 2.30. The van der Waals surface area contributed by atoms with E-state index >= 15 is 0 Å². The summed E-state index contributed by atoms with van der Waals surface area (Å²) in [5.41, 5.74) is 3.26. The molecule has 0 aliphatic carbocycles. The lowest BCUT2D eigenvalue weighted by atomic mass is 9.93. The normalized spacial score (nSPS) is 11.6. The third-order valence-electron chi connectivity index (χ3n) is 3.53. The minimum absolute atomic E-state index is 0.215. The van der Waals surface area contributed by atoms with Gasteiger partial charge in [0.1, 0.15) is 0 Å². The second-order valence-corrected chi connectivity index (χ2v) is 5.95. The van der Waals surface area contributed by atoms with E-state index in [0.29, 0.717) is 5.92 Å². The minimum atomic E-state index is -0.215. The fraction of sp³-hybridized carbons (Fsp3) is 0.562. The van der Waals surface area contributed by atoms with Gasteiger partial charge >= 0.3 is 6.03 Å². The Kier molecular flexibility index (Phi) is 4.60. The molecule has 0 aromatic carbocycles. The smallest absolute Gasteiger partial charge is 0.244 e. The molecule has 0 bridgehead atoms. The minimum Gasteiger partial charge on any atom is -0.244 e. The molecule has 0 N–H and O–H groups in total. The van der Waals surface area contributed by atoms with E-state index in [1.54, 1.807) is 18.5 Å². The fourth-order valence-electron chi connectivity index (χ4n) is 2.72. The van der Waals surface area contributed by atoms with Crippen molar-refractivity contribution in [2.45, 2.75) is 59.3 Å². The Morgan fingerprint density at radius 1 is 1.24 bits per heavy atom. The van der Waals surface area contributed by atoms with E-state index in [1.165, 1.54) is 14.9 Å². The van der Waals surface area contributed by atoms with E-state index in [2.05, 4.69) is 44.8 Å². The third-order valence-corrected chi connectivity index (χ3v) is 3.53. The first-order chi connectivity index (χ1) is 9.97. The molecule has 0 unspecified atom stereocenters.